The van der Waals surface area contributed by atoms with Crippen LogP contribution in [0.3, 0.4) is 0 Å². The lowest BCUT2D eigenvalue weighted by atomic mass is 9.88. The van der Waals surface area contributed by atoms with Crippen LogP contribution >= 0.6 is 0 Å². The highest BCUT2D eigenvalue weighted by Gasteiger charge is 2.40. The van der Waals surface area contributed by atoms with E-state index in [1.54, 1.807) is 0 Å². The Balaban J connectivity index is 2.26. The van der Waals surface area contributed by atoms with Gasteiger partial charge in [0.05, 0.1) is 11.6 Å². The molecule has 0 bridgehead atoms. The minimum atomic E-state index is 0.100. The van der Waals surface area contributed by atoms with E-state index in [2.05, 4.69) is 24.8 Å². The zero-order chi connectivity index (χ0) is 12.5. The van der Waals surface area contributed by atoms with Gasteiger partial charge in [0.1, 0.15) is 0 Å². The van der Waals surface area contributed by atoms with E-state index in [1.807, 2.05) is 24.3 Å². The molecule has 1 aliphatic rings. The second-order valence-corrected chi connectivity index (χ2v) is 5.19. The number of nitriles is 1. The van der Waals surface area contributed by atoms with Crippen LogP contribution in [0.2, 0.25) is 0 Å². The van der Waals surface area contributed by atoms with Crippen molar-refractivity contribution in [2.75, 3.05) is 18.0 Å². The van der Waals surface area contributed by atoms with Crippen LogP contribution in [0.1, 0.15) is 25.8 Å². The molecule has 3 nitrogen and oxygen atoms in total. The van der Waals surface area contributed by atoms with Crippen molar-refractivity contribution in [1.82, 2.24) is 0 Å². The summed E-state index contributed by atoms with van der Waals surface area (Å²) in [5.41, 5.74) is 7.82. The van der Waals surface area contributed by atoms with Gasteiger partial charge in [-0.2, -0.15) is 5.26 Å². The molecule has 0 spiro atoms. The van der Waals surface area contributed by atoms with Crippen molar-refractivity contribution >= 4 is 5.69 Å². The number of nitrogens with zero attached hydrogens (tertiary/aromatic N) is 2. The van der Waals surface area contributed by atoms with Gasteiger partial charge in [-0.05, 0) is 57.0 Å². The molecule has 1 aliphatic heterocycles. The molecule has 2 rings (SSSR count). The predicted octanol–water partition coefficient (Wildman–Crippen LogP) is 2.12. The molecule has 1 heterocycles. The lowest BCUT2D eigenvalue weighted by Gasteiger charge is -2.37. The molecule has 1 saturated heterocycles. The maximum absolute atomic E-state index is 8.80. The Morgan fingerprint density at radius 2 is 2.06 bits per heavy atom. The fraction of sp³-hybridized carbons (Fsp3) is 0.500. The average molecular weight is 229 g/mol. The van der Waals surface area contributed by atoms with Crippen LogP contribution in [0, 0.1) is 17.2 Å². The molecule has 0 radical (unpaired) electrons. The average Bonchev–Trinajstić information content (AvgIpc) is 2.64. The summed E-state index contributed by atoms with van der Waals surface area (Å²) in [6.45, 7) is 6.27. The van der Waals surface area contributed by atoms with Crippen molar-refractivity contribution in [1.29, 1.82) is 5.26 Å². The van der Waals surface area contributed by atoms with Gasteiger partial charge in [-0.1, -0.05) is 0 Å². The molecule has 1 aromatic rings. The number of rotatable bonds is 2. The van der Waals surface area contributed by atoms with E-state index in [9.17, 15) is 0 Å². The van der Waals surface area contributed by atoms with Gasteiger partial charge in [0, 0.05) is 17.8 Å². The molecule has 0 amide bonds. The second kappa shape index (κ2) is 4.38. The first kappa shape index (κ1) is 11.9. The van der Waals surface area contributed by atoms with Gasteiger partial charge >= 0.3 is 0 Å². The quantitative estimate of drug-likeness (QED) is 0.845. The summed E-state index contributed by atoms with van der Waals surface area (Å²) in [6, 6.07) is 9.95. The predicted molar refractivity (Wildman–Crippen MR) is 69.7 cm³/mol. The summed E-state index contributed by atoms with van der Waals surface area (Å²) < 4.78 is 0. The van der Waals surface area contributed by atoms with Gasteiger partial charge in [0.15, 0.2) is 0 Å². The highest BCUT2D eigenvalue weighted by Crippen LogP contribution is 2.37. The minimum Gasteiger partial charge on any atom is -0.366 e. The number of nitrogens with two attached hydrogens (primary N) is 1. The monoisotopic (exact) mass is 229 g/mol. The van der Waals surface area contributed by atoms with Crippen molar-refractivity contribution in [3.8, 4) is 6.07 Å². The van der Waals surface area contributed by atoms with Gasteiger partial charge in [0.2, 0.25) is 0 Å². The number of anilines is 1. The molecule has 3 heteroatoms. The van der Waals surface area contributed by atoms with Crippen LogP contribution < -0.4 is 10.6 Å². The largest absolute Gasteiger partial charge is 0.366 e. The summed E-state index contributed by atoms with van der Waals surface area (Å²) in [4.78, 5) is 2.39. The number of benzene rings is 1. The molecule has 1 unspecified atom stereocenters. The van der Waals surface area contributed by atoms with Crippen molar-refractivity contribution < 1.29 is 0 Å². The Bertz CT molecular complexity index is 428. The van der Waals surface area contributed by atoms with Crippen LogP contribution in [0.25, 0.3) is 0 Å². The first-order valence-corrected chi connectivity index (χ1v) is 6.07. The van der Waals surface area contributed by atoms with Gasteiger partial charge < -0.3 is 10.6 Å². The maximum Gasteiger partial charge on any atom is 0.0991 e. The Morgan fingerprint density at radius 3 is 2.53 bits per heavy atom. The Hall–Kier alpha value is -1.53. The number of hydrogen-bond donors (Lipinski definition) is 1. The Morgan fingerprint density at radius 1 is 1.41 bits per heavy atom. The molecule has 1 atom stereocenters. The molecule has 1 aromatic carbocycles. The van der Waals surface area contributed by atoms with Crippen LogP contribution in [0.15, 0.2) is 24.3 Å². The van der Waals surface area contributed by atoms with E-state index in [0.29, 0.717) is 11.5 Å². The van der Waals surface area contributed by atoms with Crippen molar-refractivity contribution in [3.05, 3.63) is 29.8 Å². The molecule has 2 N–H and O–H groups in total. The third kappa shape index (κ3) is 2.01. The van der Waals surface area contributed by atoms with Gasteiger partial charge in [0.25, 0.3) is 0 Å². The van der Waals surface area contributed by atoms with Crippen molar-refractivity contribution in [2.45, 2.75) is 25.8 Å². The molecule has 0 aliphatic carbocycles. The van der Waals surface area contributed by atoms with Gasteiger partial charge in [-0.15, -0.1) is 0 Å². The summed E-state index contributed by atoms with van der Waals surface area (Å²) in [6.07, 6.45) is 1.14. The van der Waals surface area contributed by atoms with Gasteiger partial charge in [-0.3, -0.25) is 0 Å². The molecular weight excluding hydrogens is 210 g/mol. The van der Waals surface area contributed by atoms with Crippen molar-refractivity contribution in [3.63, 3.8) is 0 Å². The molecular formula is C14H19N3. The van der Waals surface area contributed by atoms with Gasteiger partial charge in [-0.25, -0.2) is 0 Å². The second-order valence-electron chi connectivity index (χ2n) is 5.19. The van der Waals surface area contributed by atoms with Crippen LogP contribution in [-0.2, 0) is 0 Å². The standard InChI is InChI=1S/C14H19N3/c1-14(2)12(10-16)7-8-17(14)13-5-3-11(9-15)4-6-13/h3-6,12H,7-8,10,16H2,1-2H3. The summed E-state index contributed by atoms with van der Waals surface area (Å²) >= 11 is 0. The zero-order valence-corrected chi connectivity index (χ0v) is 10.5. The first-order chi connectivity index (χ1) is 8.09. The highest BCUT2D eigenvalue weighted by molar-refractivity contribution is 5.52. The number of hydrogen-bond acceptors (Lipinski definition) is 3. The molecule has 0 aromatic heterocycles. The lowest BCUT2D eigenvalue weighted by molar-refractivity contribution is 0.374. The van der Waals surface area contributed by atoms with E-state index in [1.165, 1.54) is 5.69 Å². The topological polar surface area (TPSA) is 53.0 Å². The fourth-order valence-corrected chi connectivity index (χ4v) is 2.73. The molecule has 0 saturated carbocycles. The van der Waals surface area contributed by atoms with Crippen LogP contribution in [0.5, 0.6) is 0 Å². The van der Waals surface area contributed by atoms with E-state index in [0.717, 1.165) is 19.5 Å². The smallest absolute Gasteiger partial charge is 0.0991 e. The zero-order valence-electron chi connectivity index (χ0n) is 10.5. The van der Waals surface area contributed by atoms with Crippen molar-refractivity contribution in [2.24, 2.45) is 11.7 Å². The summed E-state index contributed by atoms with van der Waals surface area (Å²) in [5.74, 6) is 0.540. The third-order valence-corrected chi connectivity index (χ3v) is 3.99. The molecule has 17 heavy (non-hydrogen) atoms. The normalized spacial score (nSPS) is 22.5. The third-order valence-electron chi connectivity index (χ3n) is 3.99. The fourth-order valence-electron chi connectivity index (χ4n) is 2.73. The lowest BCUT2D eigenvalue weighted by Crippen LogP contribution is -2.44. The summed E-state index contributed by atoms with van der Waals surface area (Å²) in [5, 5.41) is 8.80. The summed E-state index contributed by atoms with van der Waals surface area (Å²) in [7, 11) is 0. The van der Waals surface area contributed by atoms with E-state index in [-0.39, 0.29) is 5.54 Å². The maximum atomic E-state index is 8.80. The Labute approximate surface area is 103 Å². The molecule has 1 fully saturated rings. The van der Waals surface area contributed by atoms with E-state index >= 15 is 0 Å². The van der Waals surface area contributed by atoms with Crippen LogP contribution in [-0.4, -0.2) is 18.6 Å². The SMILES string of the molecule is CC1(C)C(CN)CCN1c1ccc(C#N)cc1. The highest BCUT2D eigenvalue weighted by atomic mass is 15.2. The van der Waals surface area contributed by atoms with Crippen LogP contribution in [0.4, 0.5) is 5.69 Å². The molecule has 90 valence electrons. The Kier molecular flexibility index (Phi) is 3.08. The van der Waals surface area contributed by atoms with E-state index in [4.69, 9.17) is 11.0 Å². The first-order valence-electron chi connectivity index (χ1n) is 6.07. The van der Waals surface area contributed by atoms with E-state index < -0.39 is 0 Å². The minimum absolute atomic E-state index is 0.100.